The summed E-state index contributed by atoms with van der Waals surface area (Å²) in [6.45, 7) is 2.52. The number of nitrogens with zero attached hydrogens (tertiary/aromatic N) is 1. The van der Waals surface area contributed by atoms with Gasteiger partial charge in [0.15, 0.2) is 0 Å². The fraction of sp³-hybridized carbons (Fsp3) is 0.118. The van der Waals surface area contributed by atoms with Gasteiger partial charge >= 0.3 is 0 Å². The van der Waals surface area contributed by atoms with Crippen LogP contribution in [0, 0.1) is 6.92 Å². The Morgan fingerprint density at radius 1 is 1.05 bits per heavy atom. The third-order valence-electron chi connectivity index (χ3n) is 3.14. The van der Waals surface area contributed by atoms with Crippen LogP contribution in [0.5, 0.6) is 5.75 Å². The molecule has 0 fully saturated rings. The zero-order chi connectivity index (χ0) is 13.9. The van der Waals surface area contributed by atoms with Crippen molar-refractivity contribution < 1.29 is 4.74 Å². The second-order valence-electron chi connectivity index (χ2n) is 4.68. The fourth-order valence-electron chi connectivity index (χ4n) is 2.21. The summed E-state index contributed by atoms with van der Waals surface area (Å²) in [4.78, 5) is 4.53. The molecule has 100 valence electrons. The lowest BCUT2D eigenvalue weighted by Crippen LogP contribution is -1.98. The third-order valence-corrected chi connectivity index (χ3v) is 3.39. The Balaban J connectivity index is 1.88. The van der Waals surface area contributed by atoms with Crippen molar-refractivity contribution >= 4 is 22.5 Å². The van der Waals surface area contributed by atoms with Gasteiger partial charge in [-0.05, 0) is 43.3 Å². The van der Waals surface area contributed by atoms with Gasteiger partial charge in [-0.25, -0.2) is 0 Å². The van der Waals surface area contributed by atoms with Crippen LogP contribution in [0.3, 0.4) is 0 Å². The number of aromatic nitrogens is 1. The number of para-hydroxylation sites is 1. The van der Waals surface area contributed by atoms with Crippen molar-refractivity contribution in [3.05, 3.63) is 70.9 Å². The fourth-order valence-corrected chi connectivity index (χ4v) is 2.33. The molecule has 2 nitrogen and oxygen atoms in total. The SMILES string of the molecule is Cc1cc(COc2ccc(Cl)cc2)c2ccccc2n1. The van der Waals surface area contributed by atoms with E-state index in [0.717, 1.165) is 27.9 Å². The summed E-state index contributed by atoms with van der Waals surface area (Å²) >= 11 is 5.86. The Morgan fingerprint density at radius 2 is 1.80 bits per heavy atom. The second-order valence-corrected chi connectivity index (χ2v) is 5.12. The van der Waals surface area contributed by atoms with Crippen LogP contribution in [0.1, 0.15) is 11.3 Å². The minimum Gasteiger partial charge on any atom is -0.489 e. The lowest BCUT2D eigenvalue weighted by molar-refractivity contribution is 0.307. The van der Waals surface area contributed by atoms with Gasteiger partial charge in [0.2, 0.25) is 0 Å². The first kappa shape index (κ1) is 12.9. The van der Waals surface area contributed by atoms with Crippen molar-refractivity contribution in [2.45, 2.75) is 13.5 Å². The second kappa shape index (κ2) is 5.51. The van der Waals surface area contributed by atoms with Crippen LogP contribution in [0.15, 0.2) is 54.6 Å². The molecule has 0 bridgehead atoms. The topological polar surface area (TPSA) is 22.1 Å². The minimum atomic E-state index is 0.519. The Kier molecular flexibility index (Phi) is 3.57. The molecule has 0 atom stereocenters. The van der Waals surface area contributed by atoms with Crippen LogP contribution in [0.4, 0.5) is 0 Å². The molecule has 3 heteroatoms. The normalized spacial score (nSPS) is 10.7. The number of rotatable bonds is 3. The molecule has 0 unspecified atom stereocenters. The molecule has 1 heterocycles. The average Bonchev–Trinajstić information content (AvgIpc) is 2.46. The summed E-state index contributed by atoms with van der Waals surface area (Å²) in [6, 6.07) is 17.6. The Hall–Kier alpha value is -2.06. The number of hydrogen-bond donors (Lipinski definition) is 0. The molecule has 0 saturated carbocycles. The number of hydrogen-bond acceptors (Lipinski definition) is 2. The van der Waals surface area contributed by atoms with Crippen molar-refractivity contribution in [2.75, 3.05) is 0 Å². The molecular weight excluding hydrogens is 270 g/mol. The van der Waals surface area contributed by atoms with Gasteiger partial charge in [0, 0.05) is 21.7 Å². The van der Waals surface area contributed by atoms with Crippen LogP contribution in [-0.2, 0) is 6.61 Å². The van der Waals surface area contributed by atoms with Gasteiger partial charge in [0.05, 0.1) is 5.52 Å². The Labute approximate surface area is 123 Å². The highest BCUT2D eigenvalue weighted by molar-refractivity contribution is 6.30. The van der Waals surface area contributed by atoms with Gasteiger partial charge in [0.1, 0.15) is 12.4 Å². The summed E-state index contributed by atoms with van der Waals surface area (Å²) in [6.07, 6.45) is 0. The van der Waals surface area contributed by atoms with E-state index < -0.39 is 0 Å². The number of fused-ring (bicyclic) bond motifs is 1. The van der Waals surface area contributed by atoms with E-state index in [1.54, 1.807) is 0 Å². The molecule has 0 amide bonds. The van der Waals surface area contributed by atoms with Gasteiger partial charge in [0.25, 0.3) is 0 Å². The average molecular weight is 284 g/mol. The van der Waals surface area contributed by atoms with Crippen LogP contribution < -0.4 is 4.74 Å². The van der Waals surface area contributed by atoms with Crippen LogP contribution in [0.2, 0.25) is 5.02 Å². The van der Waals surface area contributed by atoms with E-state index in [-0.39, 0.29) is 0 Å². The van der Waals surface area contributed by atoms with Crippen LogP contribution in [-0.4, -0.2) is 4.98 Å². The smallest absolute Gasteiger partial charge is 0.119 e. The molecule has 2 aromatic carbocycles. The van der Waals surface area contributed by atoms with E-state index in [0.29, 0.717) is 11.6 Å². The van der Waals surface area contributed by atoms with Crippen molar-refractivity contribution in [3.63, 3.8) is 0 Å². The van der Waals surface area contributed by atoms with Gasteiger partial charge in [-0.3, -0.25) is 4.98 Å². The van der Waals surface area contributed by atoms with E-state index in [9.17, 15) is 0 Å². The lowest BCUT2D eigenvalue weighted by atomic mass is 10.1. The van der Waals surface area contributed by atoms with Crippen molar-refractivity contribution in [2.24, 2.45) is 0 Å². The highest BCUT2D eigenvalue weighted by atomic mass is 35.5. The first-order valence-corrected chi connectivity index (χ1v) is 6.84. The highest BCUT2D eigenvalue weighted by Crippen LogP contribution is 2.21. The summed E-state index contributed by atoms with van der Waals surface area (Å²) in [5, 5.41) is 1.84. The zero-order valence-corrected chi connectivity index (χ0v) is 11.9. The van der Waals surface area contributed by atoms with Gasteiger partial charge in [-0.2, -0.15) is 0 Å². The predicted octanol–water partition coefficient (Wildman–Crippen LogP) is 4.78. The van der Waals surface area contributed by atoms with Crippen LogP contribution >= 0.6 is 11.6 Å². The van der Waals surface area contributed by atoms with Crippen LogP contribution in [0.25, 0.3) is 10.9 Å². The Bertz CT molecular complexity index is 738. The van der Waals surface area contributed by atoms with E-state index in [2.05, 4.69) is 17.1 Å². The van der Waals surface area contributed by atoms with E-state index in [4.69, 9.17) is 16.3 Å². The number of aryl methyl sites for hydroxylation is 1. The molecule has 0 spiro atoms. The quantitative estimate of drug-likeness (QED) is 0.690. The molecule has 20 heavy (non-hydrogen) atoms. The highest BCUT2D eigenvalue weighted by Gasteiger charge is 2.04. The molecule has 0 radical (unpaired) electrons. The van der Waals surface area contributed by atoms with Gasteiger partial charge in [-0.1, -0.05) is 29.8 Å². The van der Waals surface area contributed by atoms with E-state index >= 15 is 0 Å². The zero-order valence-electron chi connectivity index (χ0n) is 11.1. The molecule has 0 saturated heterocycles. The first-order valence-electron chi connectivity index (χ1n) is 6.46. The summed E-state index contributed by atoms with van der Waals surface area (Å²) in [5.41, 5.74) is 3.14. The summed E-state index contributed by atoms with van der Waals surface area (Å²) < 4.78 is 5.82. The number of pyridine rings is 1. The van der Waals surface area contributed by atoms with Crippen molar-refractivity contribution in [3.8, 4) is 5.75 Å². The monoisotopic (exact) mass is 283 g/mol. The molecule has 0 aliphatic carbocycles. The third kappa shape index (κ3) is 2.75. The van der Waals surface area contributed by atoms with E-state index in [1.807, 2.05) is 49.4 Å². The molecule has 0 aliphatic heterocycles. The van der Waals surface area contributed by atoms with Crippen molar-refractivity contribution in [1.29, 1.82) is 0 Å². The molecule has 3 rings (SSSR count). The maximum atomic E-state index is 5.86. The molecule has 0 N–H and O–H groups in total. The minimum absolute atomic E-state index is 0.519. The maximum Gasteiger partial charge on any atom is 0.119 e. The number of halogens is 1. The predicted molar refractivity (Wildman–Crippen MR) is 82.3 cm³/mol. The van der Waals surface area contributed by atoms with Crippen molar-refractivity contribution in [1.82, 2.24) is 4.98 Å². The number of ether oxygens (including phenoxy) is 1. The molecular formula is C17H14ClNO. The first-order chi connectivity index (χ1) is 9.72. The summed E-state index contributed by atoms with van der Waals surface area (Å²) in [7, 11) is 0. The Morgan fingerprint density at radius 3 is 2.60 bits per heavy atom. The largest absolute Gasteiger partial charge is 0.489 e. The molecule has 0 aliphatic rings. The number of benzene rings is 2. The van der Waals surface area contributed by atoms with E-state index in [1.165, 1.54) is 0 Å². The maximum absolute atomic E-state index is 5.86. The standard InChI is InChI=1S/C17H14ClNO/c1-12-10-13(16-4-2-3-5-17(16)19-12)11-20-15-8-6-14(18)7-9-15/h2-10H,11H2,1H3. The lowest BCUT2D eigenvalue weighted by Gasteiger charge is -2.10. The molecule has 3 aromatic rings. The molecule has 1 aromatic heterocycles. The van der Waals surface area contributed by atoms with Gasteiger partial charge in [-0.15, -0.1) is 0 Å². The summed E-state index contributed by atoms with van der Waals surface area (Å²) in [5.74, 6) is 0.813. The van der Waals surface area contributed by atoms with Gasteiger partial charge < -0.3 is 4.74 Å².